The number of fused-ring (bicyclic) bond motifs is 3. The Kier molecular flexibility index (Phi) is 5.38. The van der Waals surface area contributed by atoms with Crippen LogP contribution >= 0.6 is 11.8 Å². The molecule has 154 valence electrons. The van der Waals surface area contributed by atoms with Crippen LogP contribution in [-0.2, 0) is 16.4 Å². The Hall–Kier alpha value is -2.89. The molecule has 0 atom stereocenters. The Labute approximate surface area is 186 Å². The zero-order valence-corrected chi connectivity index (χ0v) is 18.5. The van der Waals surface area contributed by atoms with E-state index in [4.69, 9.17) is 0 Å². The van der Waals surface area contributed by atoms with Crippen molar-refractivity contribution in [3.05, 3.63) is 90.0 Å². The summed E-state index contributed by atoms with van der Waals surface area (Å²) < 4.78 is 29.3. The summed E-state index contributed by atoms with van der Waals surface area (Å²) in [5, 5.41) is 4.55. The summed E-state index contributed by atoms with van der Waals surface area (Å²) in [5.74, 6) is 1.09. The van der Waals surface area contributed by atoms with Crippen LogP contribution in [-0.4, -0.2) is 20.4 Å². The zero-order chi connectivity index (χ0) is 21.3. The zero-order valence-electron chi connectivity index (χ0n) is 16.9. The van der Waals surface area contributed by atoms with Crippen LogP contribution in [0.1, 0.15) is 17.5 Å². The summed E-state index contributed by atoms with van der Waals surface area (Å²) >= 11 is 1.78. The van der Waals surface area contributed by atoms with Crippen LogP contribution in [0, 0.1) is 0 Å². The van der Waals surface area contributed by atoms with E-state index in [1.807, 2.05) is 36.4 Å². The summed E-state index contributed by atoms with van der Waals surface area (Å²) in [7, 11) is -3.72. The molecule has 0 radical (unpaired) electrons. The van der Waals surface area contributed by atoms with Crippen molar-refractivity contribution in [1.82, 2.24) is 0 Å². The average molecular weight is 444 g/mol. The van der Waals surface area contributed by atoms with Crippen molar-refractivity contribution in [1.29, 1.82) is 0 Å². The predicted molar refractivity (Wildman–Crippen MR) is 132 cm³/mol. The number of nitrogens with zero attached hydrogens (tertiary/aromatic N) is 1. The van der Waals surface area contributed by atoms with Crippen LogP contribution < -0.4 is 0 Å². The molecule has 0 fully saturated rings. The van der Waals surface area contributed by atoms with Crippen LogP contribution in [0.15, 0.2) is 93.1 Å². The van der Waals surface area contributed by atoms with Crippen LogP contribution in [0.3, 0.4) is 0 Å². The molecule has 3 nitrogen and oxygen atoms in total. The minimum absolute atomic E-state index is 0.258. The third-order valence-electron chi connectivity index (χ3n) is 5.54. The van der Waals surface area contributed by atoms with E-state index < -0.39 is 10.0 Å². The average Bonchev–Trinajstić information content (AvgIpc) is 2.80. The molecule has 5 rings (SSSR count). The Bertz CT molecular complexity index is 1400. The number of allylic oxidation sites excluding steroid dienone is 1. The molecule has 0 unspecified atom stereocenters. The molecule has 31 heavy (non-hydrogen) atoms. The first kappa shape index (κ1) is 20.0. The Morgan fingerprint density at radius 2 is 1.58 bits per heavy atom. The molecule has 4 aromatic rings. The SMILES string of the molecule is O=S(=O)(N=CC=Cc1c2ccccc2cc2ccccc12)c1ccc2c(c1)CCCS2. The summed E-state index contributed by atoms with van der Waals surface area (Å²) in [6.45, 7) is 0. The number of hydrogen-bond acceptors (Lipinski definition) is 3. The van der Waals surface area contributed by atoms with Gasteiger partial charge in [-0.25, -0.2) is 0 Å². The second kappa shape index (κ2) is 8.33. The fourth-order valence-corrected chi connectivity index (χ4v) is 5.94. The molecule has 0 aliphatic carbocycles. The van der Waals surface area contributed by atoms with E-state index in [-0.39, 0.29) is 4.90 Å². The van der Waals surface area contributed by atoms with Gasteiger partial charge in [0.2, 0.25) is 0 Å². The molecule has 4 aromatic carbocycles. The summed E-state index contributed by atoms with van der Waals surface area (Å²) in [5.41, 5.74) is 2.16. The highest BCUT2D eigenvalue weighted by atomic mass is 32.2. The van der Waals surface area contributed by atoms with E-state index in [2.05, 4.69) is 34.7 Å². The molecule has 0 aromatic heterocycles. The van der Waals surface area contributed by atoms with Gasteiger partial charge in [-0.2, -0.15) is 12.8 Å². The fourth-order valence-electron chi connectivity index (χ4n) is 4.04. The fraction of sp³-hybridized carbons (Fsp3) is 0.115. The van der Waals surface area contributed by atoms with Gasteiger partial charge in [-0.15, -0.1) is 11.8 Å². The van der Waals surface area contributed by atoms with Crippen LogP contribution in [0.25, 0.3) is 27.6 Å². The molecule has 0 N–H and O–H groups in total. The molecule has 0 spiro atoms. The maximum atomic E-state index is 12.7. The molecule has 0 amide bonds. The molecule has 5 heteroatoms. The molecule has 0 saturated carbocycles. The summed E-state index contributed by atoms with van der Waals surface area (Å²) in [4.78, 5) is 1.44. The molecule has 1 aliphatic heterocycles. The highest BCUT2D eigenvalue weighted by Gasteiger charge is 2.16. The molecular weight excluding hydrogens is 422 g/mol. The van der Waals surface area contributed by atoms with E-state index in [9.17, 15) is 8.42 Å². The van der Waals surface area contributed by atoms with Crippen LogP contribution in [0.5, 0.6) is 0 Å². The number of rotatable bonds is 4. The van der Waals surface area contributed by atoms with Crippen LogP contribution in [0.2, 0.25) is 0 Å². The van der Waals surface area contributed by atoms with Crippen LogP contribution in [0.4, 0.5) is 0 Å². The number of thioether (sulfide) groups is 1. The van der Waals surface area contributed by atoms with Gasteiger partial charge in [0.25, 0.3) is 10.0 Å². The van der Waals surface area contributed by atoms with Crippen molar-refractivity contribution in [2.24, 2.45) is 4.40 Å². The van der Waals surface area contributed by atoms with Gasteiger partial charge >= 0.3 is 0 Å². The van der Waals surface area contributed by atoms with Gasteiger partial charge < -0.3 is 0 Å². The second-order valence-electron chi connectivity index (χ2n) is 7.54. The summed E-state index contributed by atoms with van der Waals surface area (Å²) in [6, 6.07) is 23.9. The Morgan fingerprint density at radius 3 is 2.32 bits per heavy atom. The van der Waals surface area contributed by atoms with Crippen molar-refractivity contribution in [3.63, 3.8) is 0 Å². The number of sulfonamides is 1. The van der Waals surface area contributed by atoms with Gasteiger partial charge in [-0.1, -0.05) is 54.6 Å². The maximum Gasteiger partial charge on any atom is 0.282 e. The third-order valence-corrected chi connectivity index (χ3v) is 7.99. The van der Waals surface area contributed by atoms with Crippen molar-refractivity contribution < 1.29 is 8.42 Å². The number of hydrogen-bond donors (Lipinski definition) is 0. The second-order valence-corrected chi connectivity index (χ2v) is 10.3. The molecule has 1 heterocycles. The highest BCUT2D eigenvalue weighted by Crippen LogP contribution is 2.32. The van der Waals surface area contributed by atoms with Gasteiger partial charge in [-0.05, 0) is 81.6 Å². The minimum atomic E-state index is -3.72. The van der Waals surface area contributed by atoms with E-state index >= 15 is 0 Å². The van der Waals surface area contributed by atoms with Crippen molar-refractivity contribution in [2.45, 2.75) is 22.6 Å². The summed E-state index contributed by atoms with van der Waals surface area (Å²) in [6.07, 6.45) is 7.02. The lowest BCUT2D eigenvalue weighted by Crippen LogP contribution is -2.02. The van der Waals surface area contributed by atoms with Gasteiger partial charge in [-0.3, -0.25) is 0 Å². The monoisotopic (exact) mass is 443 g/mol. The normalized spacial score (nSPS) is 14.6. The quantitative estimate of drug-likeness (QED) is 0.267. The van der Waals surface area contributed by atoms with E-state index in [0.717, 1.165) is 51.3 Å². The lowest BCUT2D eigenvalue weighted by molar-refractivity contribution is 0.598. The maximum absolute atomic E-state index is 12.7. The lowest BCUT2D eigenvalue weighted by atomic mass is 9.96. The molecule has 0 bridgehead atoms. The minimum Gasteiger partial charge on any atom is -0.199 e. The molecule has 0 saturated heterocycles. The largest absolute Gasteiger partial charge is 0.282 e. The molecule has 1 aliphatic rings. The first-order chi connectivity index (χ1) is 15.1. The topological polar surface area (TPSA) is 46.5 Å². The van der Waals surface area contributed by atoms with E-state index in [0.29, 0.717) is 0 Å². The Morgan fingerprint density at radius 1 is 0.871 bits per heavy atom. The first-order valence-corrected chi connectivity index (χ1v) is 12.7. The van der Waals surface area contributed by atoms with E-state index in [1.54, 1.807) is 30.0 Å². The van der Waals surface area contributed by atoms with Gasteiger partial charge in [0.1, 0.15) is 0 Å². The highest BCUT2D eigenvalue weighted by molar-refractivity contribution is 7.99. The lowest BCUT2D eigenvalue weighted by Gasteiger charge is -2.15. The van der Waals surface area contributed by atoms with Gasteiger partial charge in [0.15, 0.2) is 0 Å². The van der Waals surface area contributed by atoms with Crippen molar-refractivity contribution in [3.8, 4) is 0 Å². The van der Waals surface area contributed by atoms with Crippen molar-refractivity contribution in [2.75, 3.05) is 5.75 Å². The predicted octanol–water partition coefficient (Wildman–Crippen LogP) is 6.50. The number of aryl methyl sites for hydroxylation is 1. The van der Waals surface area contributed by atoms with Gasteiger partial charge in [0.05, 0.1) is 4.90 Å². The van der Waals surface area contributed by atoms with Crippen molar-refractivity contribution >= 4 is 55.6 Å². The Balaban J connectivity index is 1.48. The first-order valence-electron chi connectivity index (χ1n) is 10.3. The smallest absolute Gasteiger partial charge is 0.199 e. The number of benzene rings is 4. The van der Waals surface area contributed by atoms with Gasteiger partial charge in [0, 0.05) is 11.1 Å². The molecular formula is C26H21NO2S2. The third kappa shape index (κ3) is 4.03. The van der Waals surface area contributed by atoms with E-state index in [1.165, 1.54) is 11.1 Å². The standard InChI is InChI=1S/C26H21NO2S2/c28-31(29,22-13-14-26-21(18-22)9-6-16-30-26)27-15-5-12-25-23-10-3-1-7-19(23)17-20-8-2-4-11-24(20)25/h1-5,7-8,10-15,17-18H,6,9,16H2.